The maximum Gasteiger partial charge on any atom is 0.255 e. The highest BCUT2D eigenvalue weighted by atomic mass is 35.5. The van der Waals surface area contributed by atoms with E-state index in [1.165, 1.54) is 18.2 Å². The molecule has 1 fully saturated rings. The van der Waals surface area contributed by atoms with Crippen LogP contribution in [0.2, 0.25) is 5.02 Å². The van der Waals surface area contributed by atoms with Crippen molar-refractivity contribution in [3.05, 3.63) is 58.4 Å². The molecule has 1 aromatic heterocycles. The first-order valence-corrected chi connectivity index (χ1v) is 9.26. The summed E-state index contributed by atoms with van der Waals surface area (Å²) in [7, 11) is 0. The van der Waals surface area contributed by atoms with Crippen molar-refractivity contribution in [1.29, 1.82) is 0 Å². The van der Waals surface area contributed by atoms with Crippen LogP contribution in [0.3, 0.4) is 0 Å². The van der Waals surface area contributed by atoms with E-state index in [4.69, 9.17) is 16.3 Å². The van der Waals surface area contributed by atoms with Gasteiger partial charge in [0.2, 0.25) is 0 Å². The van der Waals surface area contributed by atoms with Gasteiger partial charge in [-0.15, -0.1) is 0 Å². The molecule has 2 aromatic rings. The summed E-state index contributed by atoms with van der Waals surface area (Å²) in [5, 5.41) is 2.90. The molecule has 8 heteroatoms. The summed E-state index contributed by atoms with van der Waals surface area (Å²) in [5.74, 6) is -0.500. The van der Waals surface area contributed by atoms with Gasteiger partial charge in [0, 0.05) is 44.2 Å². The van der Waals surface area contributed by atoms with Gasteiger partial charge in [0.05, 0.1) is 23.2 Å². The maximum absolute atomic E-state index is 14.0. The number of nitrogens with zero attached hydrogens (tertiary/aromatic N) is 3. The van der Waals surface area contributed by atoms with Gasteiger partial charge in [-0.1, -0.05) is 17.7 Å². The number of rotatable bonds is 5. The number of ether oxygens (including phenoxy) is 1. The van der Waals surface area contributed by atoms with Crippen molar-refractivity contribution in [2.24, 2.45) is 0 Å². The third kappa shape index (κ3) is 5.00. The Morgan fingerprint density at radius 2 is 2.11 bits per heavy atom. The van der Waals surface area contributed by atoms with Gasteiger partial charge >= 0.3 is 0 Å². The highest BCUT2D eigenvalue weighted by Crippen LogP contribution is 2.22. The zero-order valence-electron chi connectivity index (χ0n) is 15.1. The topological polar surface area (TPSA) is 67.4 Å². The van der Waals surface area contributed by atoms with E-state index in [1.54, 1.807) is 12.4 Å². The number of carbonyl (C=O) groups excluding carboxylic acids is 1. The molecule has 0 bridgehead atoms. The Hall–Kier alpha value is -2.09. The van der Waals surface area contributed by atoms with E-state index in [9.17, 15) is 9.18 Å². The zero-order valence-corrected chi connectivity index (χ0v) is 15.9. The molecule has 0 saturated carbocycles. The average molecular weight is 393 g/mol. The van der Waals surface area contributed by atoms with Crippen LogP contribution in [0.25, 0.3) is 0 Å². The molecule has 1 atom stereocenters. The molecule has 0 radical (unpaired) electrons. The zero-order chi connectivity index (χ0) is 19.2. The summed E-state index contributed by atoms with van der Waals surface area (Å²) in [6, 6.07) is 4.05. The maximum atomic E-state index is 14.0. The first-order valence-electron chi connectivity index (χ1n) is 8.89. The largest absolute Gasteiger partial charge is 0.380 e. The second-order valence-electron chi connectivity index (χ2n) is 6.39. The number of aromatic nitrogens is 2. The smallest absolute Gasteiger partial charge is 0.255 e. The Labute approximate surface area is 162 Å². The SMILES string of the molecule is Cc1ncc(C(CNC(=O)c2c(F)cccc2Cl)N2CCCOCC2)cn1. The number of carbonyl (C=O) groups is 1. The molecule has 6 nitrogen and oxygen atoms in total. The highest BCUT2D eigenvalue weighted by molar-refractivity contribution is 6.33. The minimum Gasteiger partial charge on any atom is -0.380 e. The standard InChI is InChI=1S/C19H22ClFN4O2/c1-13-22-10-14(11-23-13)17(25-6-3-8-27-9-7-25)12-24-19(26)18-15(20)4-2-5-16(18)21/h2,4-5,10-11,17H,3,6-9,12H2,1H3,(H,24,26). The molecular formula is C19H22ClFN4O2. The van der Waals surface area contributed by atoms with Crippen LogP contribution in [0.15, 0.2) is 30.6 Å². The summed E-state index contributed by atoms with van der Waals surface area (Å²) in [6.07, 6.45) is 4.43. The minimum atomic E-state index is -0.640. The van der Waals surface area contributed by atoms with Crippen LogP contribution in [0, 0.1) is 12.7 Å². The predicted molar refractivity (Wildman–Crippen MR) is 100 cm³/mol. The number of nitrogens with one attached hydrogen (secondary N) is 1. The fraction of sp³-hybridized carbons (Fsp3) is 0.421. The lowest BCUT2D eigenvalue weighted by molar-refractivity contribution is 0.0924. The monoisotopic (exact) mass is 392 g/mol. The molecule has 1 amide bonds. The van der Waals surface area contributed by atoms with Crippen molar-refractivity contribution >= 4 is 17.5 Å². The van der Waals surface area contributed by atoms with E-state index in [2.05, 4.69) is 20.2 Å². The second-order valence-corrected chi connectivity index (χ2v) is 6.80. The van der Waals surface area contributed by atoms with Crippen molar-refractivity contribution in [1.82, 2.24) is 20.2 Å². The third-order valence-electron chi connectivity index (χ3n) is 4.53. The average Bonchev–Trinajstić information content (AvgIpc) is 2.92. The van der Waals surface area contributed by atoms with Crippen molar-refractivity contribution in [2.75, 3.05) is 32.8 Å². The lowest BCUT2D eigenvalue weighted by Crippen LogP contribution is -2.39. The number of aryl methyl sites for hydroxylation is 1. The molecule has 1 unspecified atom stereocenters. The van der Waals surface area contributed by atoms with Gasteiger partial charge < -0.3 is 10.1 Å². The number of hydrogen-bond acceptors (Lipinski definition) is 5. The van der Waals surface area contributed by atoms with Gasteiger partial charge in [0.25, 0.3) is 5.91 Å². The third-order valence-corrected chi connectivity index (χ3v) is 4.84. The van der Waals surface area contributed by atoms with Gasteiger partial charge in [-0.3, -0.25) is 9.69 Å². The molecule has 27 heavy (non-hydrogen) atoms. The second kappa shape index (κ2) is 9.21. The fourth-order valence-corrected chi connectivity index (χ4v) is 3.35. The van der Waals surface area contributed by atoms with E-state index in [0.717, 1.165) is 25.1 Å². The van der Waals surface area contributed by atoms with Crippen LogP contribution in [0.4, 0.5) is 4.39 Å². The summed E-state index contributed by atoms with van der Waals surface area (Å²) >= 11 is 6.00. The van der Waals surface area contributed by atoms with Crippen molar-refractivity contribution in [3.8, 4) is 0 Å². The molecule has 144 valence electrons. The van der Waals surface area contributed by atoms with Gasteiger partial charge in [-0.25, -0.2) is 14.4 Å². The highest BCUT2D eigenvalue weighted by Gasteiger charge is 2.24. The Balaban J connectivity index is 1.78. The summed E-state index contributed by atoms with van der Waals surface area (Å²) in [4.78, 5) is 23.3. The number of hydrogen-bond donors (Lipinski definition) is 1. The van der Waals surface area contributed by atoms with E-state index >= 15 is 0 Å². The number of amides is 1. The molecule has 1 aliphatic rings. The number of halogens is 2. The molecule has 0 spiro atoms. The quantitative estimate of drug-likeness (QED) is 0.847. The fourth-order valence-electron chi connectivity index (χ4n) is 3.10. The van der Waals surface area contributed by atoms with Crippen LogP contribution >= 0.6 is 11.6 Å². The van der Waals surface area contributed by atoms with Crippen LogP contribution in [0.5, 0.6) is 0 Å². The van der Waals surface area contributed by atoms with Crippen molar-refractivity contribution < 1.29 is 13.9 Å². The molecule has 0 aliphatic carbocycles. The van der Waals surface area contributed by atoms with Gasteiger partial charge in [0.15, 0.2) is 0 Å². The molecule has 1 N–H and O–H groups in total. The van der Waals surface area contributed by atoms with Crippen LogP contribution in [-0.2, 0) is 4.74 Å². The lowest BCUT2D eigenvalue weighted by Gasteiger charge is -2.30. The first kappa shape index (κ1) is 19.7. The summed E-state index contributed by atoms with van der Waals surface area (Å²) < 4.78 is 19.5. The Kier molecular flexibility index (Phi) is 6.71. The van der Waals surface area contributed by atoms with Gasteiger partial charge in [0.1, 0.15) is 11.6 Å². The van der Waals surface area contributed by atoms with Crippen LogP contribution in [0.1, 0.15) is 34.2 Å². The molecule has 1 aliphatic heterocycles. The van der Waals surface area contributed by atoms with Gasteiger partial charge in [-0.2, -0.15) is 0 Å². The first-order chi connectivity index (χ1) is 13.1. The van der Waals surface area contributed by atoms with Crippen LogP contribution in [-0.4, -0.2) is 53.6 Å². The molecule has 1 saturated heterocycles. The van der Waals surface area contributed by atoms with Gasteiger partial charge in [-0.05, 0) is 25.5 Å². The molecular weight excluding hydrogens is 371 g/mol. The predicted octanol–water partition coefficient (Wildman–Crippen LogP) is 2.77. The van der Waals surface area contributed by atoms with Crippen LogP contribution < -0.4 is 5.32 Å². The van der Waals surface area contributed by atoms with E-state index < -0.39 is 11.7 Å². The van der Waals surface area contributed by atoms with E-state index in [0.29, 0.717) is 19.0 Å². The van der Waals surface area contributed by atoms with E-state index in [1.807, 2.05) is 6.92 Å². The lowest BCUT2D eigenvalue weighted by atomic mass is 10.1. The Morgan fingerprint density at radius 1 is 1.33 bits per heavy atom. The van der Waals surface area contributed by atoms with Crippen molar-refractivity contribution in [3.63, 3.8) is 0 Å². The Bertz CT molecular complexity index is 760. The number of benzene rings is 1. The molecule has 2 heterocycles. The van der Waals surface area contributed by atoms with E-state index in [-0.39, 0.29) is 23.2 Å². The van der Waals surface area contributed by atoms with Crippen molar-refractivity contribution in [2.45, 2.75) is 19.4 Å². The Morgan fingerprint density at radius 3 is 2.85 bits per heavy atom. The minimum absolute atomic E-state index is 0.0888. The molecule has 1 aromatic carbocycles. The summed E-state index contributed by atoms with van der Waals surface area (Å²) in [5.41, 5.74) is 0.750. The summed E-state index contributed by atoms with van der Waals surface area (Å²) in [6.45, 7) is 5.00. The normalized spacial score (nSPS) is 16.6. The molecule has 3 rings (SSSR count).